The zero-order valence-electron chi connectivity index (χ0n) is 20.1. The van der Waals surface area contributed by atoms with Crippen molar-refractivity contribution in [1.82, 2.24) is 10.7 Å². The van der Waals surface area contributed by atoms with Crippen LogP contribution in [0, 0.1) is 5.92 Å². The second kappa shape index (κ2) is 13.0. The summed E-state index contributed by atoms with van der Waals surface area (Å²) in [5.74, 6) is 0.0894. The van der Waals surface area contributed by atoms with Crippen LogP contribution in [0.4, 0.5) is 0 Å². The van der Waals surface area contributed by atoms with Gasteiger partial charge in [-0.15, -0.1) is 0 Å². The van der Waals surface area contributed by atoms with E-state index >= 15 is 0 Å². The summed E-state index contributed by atoms with van der Waals surface area (Å²) in [5, 5.41) is 7.88. The third-order valence-electron chi connectivity index (χ3n) is 5.21. The number of hydrogen-bond donors (Lipinski definition) is 2. The molecule has 2 amide bonds. The molecule has 188 valence electrons. The fraction of sp³-hybridized carbons (Fsp3) is 0.222. The van der Waals surface area contributed by atoms with E-state index in [2.05, 4.69) is 15.8 Å². The smallest absolute Gasteiger partial charge is 0.262 e. The summed E-state index contributed by atoms with van der Waals surface area (Å²) in [6.45, 7) is 4.02. The topological polar surface area (TPSA) is 89.0 Å². The van der Waals surface area contributed by atoms with Gasteiger partial charge in [0, 0.05) is 15.6 Å². The van der Waals surface area contributed by atoms with E-state index in [1.165, 1.54) is 6.21 Å². The molecule has 0 bridgehead atoms. The number of nitrogens with one attached hydrogen (secondary N) is 2. The molecule has 0 aliphatic rings. The van der Waals surface area contributed by atoms with E-state index in [0.717, 1.165) is 5.56 Å². The maximum absolute atomic E-state index is 12.7. The van der Waals surface area contributed by atoms with Crippen LogP contribution < -0.4 is 20.2 Å². The fourth-order valence-corrected chi connectivity index (χ4v) is 3.57. The molecule has 0 radical (unpaired) electrons. The number of benzene rings is 3. The molecule has 0 saturated carbocycles. The number of methoxy groups -OCH3 is 1. The Morgan fingerprint density at radius 3 is 2.39 bits per heavy atom. The molecule has 3 aromatic carbocycles. The molecular formula is C27H27Cl2N3O4. The Labute approximate surface area is 220 Å². The maximum Gasteiger partial charge on any atom is 0.262 e. The number of rotatable bonds is 10. The molecule has 0 heterocycles. The van der Waals surface area contributed by atoms with Gasteiger partial charge in [-0.05, 0) is 65.6 Å². The van der Waals surface area contributed by atoms with Crippen LogP contribution in [0.5, 0.6) is 11.5 Å². The highest BCUT2D eigenvalue weighted by atomic mass is 35.5. The molecule has 0 aromatic heterocycles. The molecule has 0 aliphatic carbocycles. The average Bonchev–Trinajstić information content (AvgIpc) is 2.86. The van der Waals surface area contributed by atoms with Gasteiger partial charge in [-0.3, -0.25) is 9.59 Å². The zero-order chi connectivity index (χ0) is 26.1. The molecule has 3 aromatic rings. The zero-order valence-corrected chi connectivity index (χ0v) is 21.6. The van der Waals surface area contributed by atoms with Crippen LogP contribution in [0.25, 0.3) is 0 Å². The lowest BCUT2D eigenvalue weighted by Crippen LogP contribution is -2.48. The van der Waals surface area contributed by atoms with Gasteiger partial charge >= 0.3 is 0 Å². The van der Waals surface area contributed by atoms with Crippen LogP contribution in [0.2, 0.25) is 10.0 Å². The maximum atomic E-state index is 12.7. The van der Waals surface area contributed by atoms with Crippen LogP contribution >= 0.6 is 23.2 Å². The standard InChI is InChI=1S/C27H27Cl2N3O4/c1-17(2)25(31-26(33)20-5-4-6-22(29)14-20)27(34)32-30-15-19-9-12-23(24(13-19)35-3)36-16-18-7-10-21(28)11-8-18/h4-15,17,25H,16H2,1-3H3,(H,31,33)(H,32,34)/b30-15-. The summed E-state index contributed by atoms with van der Waals surface area (Å²) in [5.41, 5.74) is 4.52. The van der Waals surface area contributed by atoms with Crippen molar-refractivity contribution in [3.8, 4) is 11.5 Å². The highest BCUT2D eigenvalue weighted by molar-refractivity contribution is 6.31. The van der Waals surface area contributed by atoms with Crippen molar-refractivity contribution in [3.63, 3.8) is 0 Å². The molecule has 36 heavy (non-hydrogen) atoms. The van der Waals surface area contributed by atoms with Crippen molar-refractivity contribution in [2.75, 3.05) is 7.11 Å². The Morgan fingerprint density at radius 1 is 0.972 bits per heavy atom. The first-order valence-electron chi connectivity index (χ1n) is 11.2. The van der Waals surface area contributed by atoms with Gasteiger partial charge < -0.3 is 14.8 Å². The van der Waals surface area contributed by atoms with Gasteiger partial charge in [-0.1, -0.05) is 55.2 Å². The molecule has 1 atom stereocenters. The average molecular weight is 528 g/mol. The molecule has 1 unspecified atom stereocenters. The summed E-state index contributed by atoms with van der Waals surface area (Å²) >= 11 is 11.9. The molecule has 3 rings (SSSR count). The fourth-order valence-electron chi connectivity index (χ4n) is 3.25. The van der Waals surface area contributed by atoms with E-state index in [1.54, 1.807) is 61.7 Å². The predicted molar refractivity (Wildman–Crippen MR) is 142 cm³/mol. The van der Waals surface area contributed by atoms with E-state index in [9.17, 15) is 9.59 Å². The number of carbonyl (C=O) groups excluding carboxylic acids is 2. The number of ether oxygens (including phenoxy) is 2. The van der Waals surface area contributed by atoms with E-state index in [-0.39, 0.29) is 5.92 Å². The lowest BCUT2D eigenvalue weighted by molar-refractivity contribution is -0.123. The van der Waals surface area contributed by atoms with Crippen molar-refractivity contribution < 1.29 is 19.1 Å². The Kier molecular flexibility index (Phi) is 9.73. The largest absolute Gasteiger partial charge is 0.493 e. The first-order chi connectivity index (χ1) is 17.3. The molecule has 7 nitrogen and oxygen atoms in total. The van der Waals surface area contributed by atoms with Crippen molar-refractivity contribution in [2.45, 2.75) is 26.5 Å². The Morgan fingerprint density at radius 2 is 1.72 bits per heavy atom. The van der Waals surface area contributed by atoms with Gasteiger partial charge in [-0.25, -0.2) is 5.43 Å². The third kappa shape index (κ3) is 7.73. The van der Waals surface area contributed by atoms with E-state index < -0.39 is 17.9 Å². The van der Waals surface area contributed by atoms with Crippen LogP contribution in [0.1, 0.15) is 35.3 Å². The first kappa shape index (κ1) is 27.0. The van der Waals surface area contributed by atoms with Gasteiger partial charge in [0.1, 0.15) is 12.6 Å². The Balaban J connectivity index is 1.60. The SMILES string of the molecule is COc1cc(/C=N\NC(=O)C(NC(=O)c2cccc(Cl)c2)C(C)C)ccc1OCc1ccc(Cl)cc1. The highest BCUT2D eigenvalue weighted by Crippen LogP contribution is 2.28. The highest BCUT2D eigenvalue weighted by Gasteiger charge is 2.24. The van der Waals surface area contributed by atoms with E-state index in [4.69, 9.17) is 32.7 Å². The minimum atomic E-state index is -0.785. The number of hydrogen-bond acceptors (Lipinski definition) is 5. The lowest BCUT2D eigenvalue weighted by Gasteiger charge is -2.20. The lowest BCUT2D eigenvalue weighted by atomic mass is 10.0. The molecule has 0 fully saturated rings. The van der Waals surface area contributed by atoms with Crippen LogP contribution in [-0.2, 0) is 11.4 Å². The van der Waals surface area contributed by atoms with Crippen LogP contribution in [0.15, 0.2) is 71.8 Å². The van der Waals surface area contributed by atoms with E-state index in [0.29, 0.717) is 39.3 Å². The van der Waals surface area contributed by atoms with Gasteiger partial charge in [0.15, 0.2) is 11.5 Å². The summed E-state index contributed by atoms with van der Waals surface area (Å²) in [4.78, 5) is 25.3. The number of nitrogens with zero attached hydrogens (tertiary/aromatic N) is 1. The monoisotopic (exact) mass is 527 g/mol. The minimum absolute atomic E-state index is 0.166. The van der Waals surface area contributed by atoms with Gasteiger partial charge in [0.05, 0.1) is 13.3 Å². The van der Waals surface area contributed by atoms with Gasteiger partial charge in [-0.2, -0.15) is 5.10 Å². The quantitative estimate of drug-likeness (QED) is 0.269. The van der Waals surface area contributed by atoms with E-state index in [1.807, 2.05) is 26.0 Å². The molecule has 0 saturated heterocycles. The van der Waals surface area contributed by atoms with Crippen LogP contribution in [0.3, 0.4) is 0 Å². The Bertz CT molecular complexity index is 1230. The molecule has 2 N–H and O–H groups in total. The second-order valence-electron chi connectivity index (χ2n) is 8.27. The molecule has 0 aliphatic heterocycles. The van der Waals surface area contributed by atoms with Gasteiger partial charge in [0.25, 0.3) is 11.8 Å². The predicted octanol–water partition coefficient (Wildman–Crippen LogP) is 5.49. The van der Waals surface area contributed by atoms with Crippen molar-refractivity contribution >= 4 is 41.2 Å². The normalized spacial score (nSPS) is 11.8. The number of carbonyl (C=O) groups is 2. The van der Waals surface area contributed by atoms with Crippen molar-refractivity contribution in [1.29, 1.82) is 0 Å². The van der Waals surface area contributed by atoms with Gasteiger partial charge in [0.2, 0.25) is 0 Å². The second-order valence-corrected chi connectivity index (χ2v) is 9.14. The summed E-state index contributed by atoms with van der Waals surface area (Å²) < 4.78 is 11.3. The molecule has 9 heteroatoms. The number of hydrazone groups is 1. The molecule has 0 spiro atoms. The van der Waals surface area contributed by atoms with Crippen molar-refractivity contribution in [3.05, 3.63) is 93.5 Å². The number of amides is 2. The Hall–Kier alpha value is -3.55. The number of halogens is 2. The molecular weight excluding hydrogens is 501 g/mol. The van der Waals surface area contributed by atoms with Crippen LogP contribution in [-0.4, -0.2) is 31.2 Å². The minimum Gasteiger partial charge on any atom is -0.493 e. The third-order valence-corrected chi connectivity index (χ3v) is 5.69. The summed E-state index contributed by atoms with van der Waals surface area (Å²) in [6.07, 6.45) is 1.49. The summed E-state index contributed by atoms with van der Waals surface area (Å²) in [6, 6.07) is 18.4. The van der Waals surface area contributed by atoms with Crippen molar-refractivity contribution in [2.24, 2.45) is 11.0 Å². The first-order valence-corrected chi connectivity index (χ1v) is 12.0. The summed E-state index contributed by atoms with van der Waals surface area (Å²) in [7, 11) is 1.54.